The number of nitrogens with two attached hydrogens (primary N) is 1. The number of hydrogen-bond donors (Lipinski definition) is 2. The monoisotopic (exact) mass is 298 g/mol. The van der Waals surface area contributed by atoms with Crippen LogP contribution in [-0.4, -0.2) is 10.9 Å². The van der Waals surface area contributed by atoms with E-state index in [4.69, 9.17) is 18.0 Å². The van der Waals surface area contributed by atoms with Crippen molar-refractivity contribution in [3.8, 4) is 0 Å². The molecule has 0 heterocycles. The number of rotatable bonds is 5. The molecule has 108 valence electrons. The molecule has 0 aliphatic carbocycles. The quantitative estimate of drug-likeness (QED) is 0.834. The highest BCUT2D eigenvalue weighted by molar-refractivity contribution is 7.80. The summed E-state index contributed by atoms with van der Waals surface area (Å²) in [5.41, 5.74) is 9.49. The first-order chi connectivity index (χ1) is 10.0. The van der Waals surface area contributed by atoms with Crippen LogP contribution in [-0.2, 0) is 17.6 Å². The molecular formula is C17H18N2OS. The predicted octanol–water partition coefficient (Wildman–Crippen LogP) is 3.00. The van der Waals surface area contributed by atoms with Crippen molar-refractivity contribution in [2.75, 3.05) is 5.32 Å². The number of nitrogens with one attached hydrogen (secondary N) is 1. The molecular weight excluding hydrogens is 280 g/mol. The maximum absolute atomic E-state index is 12.0. The molecule has 0 unspecified atom stereocenters. The van der Waals surface area contributed by atoms with Gasteiger partial charge >= 0.3 is 0 Å². The van der Waals surface area contributed by atoms with E-state index in [1.54, 1.807) is 0 Å². The number of aryl methyl sites for hydroxylation is 1. The summed E-state index contributed by atoms with van der Waals surface area (Å²) in [5, 5.41) is 2.90. The van der Waals surface area contributed by atoms with Gasteiger partial charge in [0.25, 0.3) is 0 Å². The summed E-state index contributed by atoms with van der Waals surface area (Å²) in [6.07, 6.45) is 0.952. The third-order valence-corrected chi connectivity index (χ3v) is 3.37. The van der Waals surface area contributed by atoms with Gasteiger partial charge in [-0.2, -0.15) is 0 Å². The van der Waals surface area contributed by atoms with E-state index in [-0.39, 0.29) is 5.91 Å². The molecule has 2 rings (SSSR count). The summed E-state index contributed by atoms with van der Waals surface area (Å²) >= 11 is 4.87. The van der Waals surface area contributed by atoms with Gasteiger partial charge in [0.05, 0.1) is 11.4 Å². The fraction of sp³-hybridized carbons (Fsp3) is 0.176. The highest BCUT2D eigenvalue weighted by Crippen LogP contribution is 2.12. The zero-order chi connectivity index (χ0) is 15.2. The number of carbonyl (C=O) groups excluding carboxylic acids is 1. The Hall–Kier alpha value is -2.20. The predicted molar refractivity (Wildman–Crippen MR) is 90.4 cm³/mol. The van der Waals surface area contributed by atoms with Crippen LogP contribution >= 0.6 is 12.2 Å². The maximum Gasteiger partial charge on any atom is 0.228 e. The number of benzene rings is 2. The van der Waals surface area contributed by atoms with Crippen molar-refractivity contribution < 1.29 is 4.79 Å². The minimum atomic E-state index is -0.0219. The summed E-state index contributed by atoms with van der Waals surface area (Å²) in [7, 11) is 0. The first-order valence-corrected chi connectivity index (χ1v) is 7.17. The fourth-order valence-electron chi connectivity index (χ4n) is 2.09. The Labute approximate surface area is 130 Å². The first kappa shape index (κ1) is 15.2. The molecule has 0 spiro atoms. The van der Waals surface area contributed by atoms with Gasteiger partial charge in [0.1, 0.15) is 0 Å². The molecule has 1 amide bonds. The van der Waals surface area contributed by atoms with Gasteiger partial charge in [-0.15, -0.1) is 0 Å². The Balaban J connectivity index is 1.96. The Morgan fingerprint density at radius 3 is 2.38 bits per heavy atom. The summed E-state index contributed by atoms with van der Waals surface area (Å²) in [5.74, 6) is -0.0219. The largest absolute Gasteiger partial charge is 0.393 e. The third kappa shape index (κ3) is 4.68. The molecule has 0 aromatic heterocycles. The van der Waals surface area contributed by atoms with Crippen LogP contribution in [0.25, 0.3) is 0 Å². The van der Waals surface area contributed by atoms with Gasteiger partial charge in [-0.3, -0.25) is 4.79 Å². The Bertz CT molecular complexity index is 650. The van der Waals surface area contributed by atoms with Crippen LogP contribution in [0.3, 0.4) is 0 Å². The van der Waals surface area contributed by atoms with E-state index in [1.165, 1.54) is 0 Å². The summed E-state index contributed by atoms with van der Waals surface area (Å²) in [6.45, 7) is 2.01. The molecule has 0 radical (unpaired) electrons. The second-order valence-electron chi connectivity index (χ2n) is 4.99. The SMILES string of the molecule is Cc1ccccc1CC(=O)Nc1ccc(CC(N)=S)cc1. The topological polar surface area (TPSA) is 55.1 Å². The molecule has 0 atom stereocenters. The average molecular weight is 298 g/mol. The lowest BCUT2D eigenvalue weighted by Gasteiger charge is -2.08. The smallest absolute Gasteiger partial charge is 0.228 e. The van der Waals surface area contributed by atoms with Crippen LogP contribution in [0.5, 0.6) is 0 Å². The van der Waals surface area contributed by atoms with Crippen LogP contribution in [0.1, 0.15) is 16.7 Å². The van der Waals surface area contributed by atoms with E-state index >= 15 is 0 Å². The number of thiocarbonyl (C=S) groups is 1. The highest BCUT2D eigenvalue weighted by Gasteiger charge is 2.06. The first-order valence-electron chi connectivity index (χ1n) is 6.76. The van der Waals surface area contributed by atoms with E-state index in [9.17, 15) is 4.79 Å². The van der Waals surface area contributed by atoms with Gasteiger partial charge in [-0.1, -0.05) is 48.6 Å². The molecule has 0 aliphatic heterocycles. The molecule has 2 aromatic rings. The molecule has 0 aliphatic rings. The zero-order valence-corrected chi connectivity index (χ0v) is 12.7. The van der Waals surface area contributed by atoms with Crippen molar-refractivity contribution in [1.82, 2.24) is 0 Å². The molecule has 2 aromatic carbocycles. The molecule has 3 N–H and O–H groups in total. The van der Waals surface area contributed by atoms with Gasteiger partial charge in [0, 0.05) is 12.1 Å². The van der Waals surface area contributed by atoms with E-state index in [2.05, 4.69) is 5.32 Å². The normalized spacial score (nSPS) is 10.1. The lowest BCUT2D eigenvalue weighted by atomic mass is 10.1. The van der Waals surface area contributed by atoms with Crippen molar-refractivity contribution >= 4 is 28.8 Å². The summed E-state index contributed by atoms with van der Waals surface area (Å²) in [6, 6.07) is 15.5. The van der Waals surface area contributed by atoms with E-state index in [1.807, 2.05) is 55.5 Å². The number of hydrogen-bond acceptors (Lipinski definition) is 2. The number of anilines is 1. The average Bonchev–Trinajstić information content (AvgIpc) is 2.43. The molecule has 0 fully saturated rings. The second kappa shape index (κ2) is 6.99. The van der Waals surface area contributed by atoms with Crippen LogP contribution in [0.15, 0.2) is 48.5 Å². The minimum Gasteiger partial charge on any atom is -0.393 e. The minimum absolute atomic E-state index is 0.0219. The lowest BCUT2D eigenvalue weighted by Crippen LogP contribution is -2.15. The Morgan fingerprint density at radius 2 is 1.76 bits per heavy atom. The maximum atomic E-state index is 12.0. The fourth-order valence-corrected chi connectivity index (χ4v) is 2.26. The van der Waals surface area contributed by atoms with Crippen molar-refractivity contribution in [2.24, 2.45) is 5.73 Å². The standard InChI is InChI=1S/C17H18N2OS/c1-12-4-2-3-5-14(12)11-17(20)19-15-8-6-13(7-9-15)10-16(18)21/h2-9H,10-11H2,1H3,(H2,18,21)(H,19,20). The summed E-state index contributed by atoms with van der Waals surface area (Å²) in [4.78, 5) is 12.5. The van der Waals surface area contributed by atoms with E-state index < -0.39 is 0 Å². The lowest BCUT2D eigenvalue weighted by molar-refractivity contribution is -0.115. The van der Waals surface area contributed by atoms with Gasteiger partial charge < -0.3 is 11.1 Å². The van der Waals surface area contributed by atoms with Crippen LogP contribution in [0.4, 0.5) is 5.69 Å². The van der Waals surface area contributed by atoms with Crippen LogP contribution in [0, 0.1) is 6.92 Å². The van der Waals surface area contributed by atoms with Crippen molar-refractivity contribution in [3.05, 3.63) is 65.2 Å². The Morgan fingerprint density at radius 1 is 1.10 bits per heavy atom. The van der Waals surface area contributed by atoms with E-state index in [0.29, 0.717) is 17.8 Å². The van der Waals surface area contributed by atoms with Crippen LogP contribution < -0.4 is 11.1 Å². The molecule has 3 nitrogen and oxygen atoms in total. The van der Waals surface area contributed by atoms with Gasteiger partial charge in [-0.25, -0.2) is 0 Å². The van der Waals surface area contributed by atoms with Gasteiger partial charge in [0.15, 0.2) is 0 Å². The Kier molecular flexibility index (Phi) is 5.06. The highest BCUT2D eigenvalue weighted by atomic mass is 32.1. The van der Waals surface area contributed by atoms with Gasteiger partial charge in [0.2, 0.25) is 5.91 Å². The molecule has 21 heavy (non-hydrogen) atoms. The molecule has 0 saturated heterocycles. The summed E-state index contributed by atoms with van der Waals surface area (Å²) < 4.78 is 0. The number of carbonyl (C=O) groups is 1. The second-order valence-corrected chi connectivity index (χ2v) is 5.52. The zero-order valence-electron chi connectivity index (χ0n) is 11.9. The molecule has 4 heteroatoms. The van der Waals surface area contributed by atoms with Crippen LogP contribution in [0.2, 0.25) is 0 Å². The third-order valence-electron chi connectivity index (χ3n) is 3.23. The number of amides is 1. The van der Waals surface area contributed by atoms with Crippen molar-refractivity contribution in [1.29, 1.82) is 0 Å². The van der Waals surface area contributed by atoms with Crippen molar-refractivity contribution in [2.45, 2.75) is 19.8 Å². The van der Waals surface area contributed by atoms with Crippen molar-refractivity contribution in [3.63, 3.8) is 0 Å². The molecule has 0 bridgehead atoms. The molecule has 0 saturated carbocycles. The van der Waals surface area contributed by atoms with Gasteiger partial charge in [-0.05, 0) is 35.7 Å². The van der Waals surface area contributed by atoms with E-state index in [0.717, 1.165) is 22.4 Å².